The highest BCUT2D eigenvalue weighted by Gasteiger charge is 2.46. The summed E-state index contributed by atoms with van der Waals surface area (Å²) in [5.41, 5.74) is -0.865. The van der Waals surface area contributed by atoms with Crippen LogP contribution in [0.25, 0.3) is 0 Å². The molecule has 0 aliphatic carbocycles. The Labute approximate surface area is 80.4 Å². The number of imide groups is 1. The van der Waals surface area contributed by atoms with Crippen molar-refractivity contribution in [1.82, 2.24) is 16.0 Å². The zero-order chi connectivity index (χ0) is 10.2. The van der Waals surface area contributed by atoms with Crippen LogP contribution < -0.4 is 16.0 Å². The smallest absolute Gasteiger partial charge is 0.322 e. The number of hydrogen-bond acceptors (Lipinski definition) is 3. The van der Waals surface area contributed by atoms with Gasteiger partial charge < -0.3 is 10.6 Å². The van der Waals surface area contributed by atoms with E-state index in [1.54, 1.807) is 0 Å². The third-order valence-corrected chi connectivity index (χ3v) is 2.67. The van der Waals surface area contributed by atoms with Crippen LogP contribution in [0.2, 0.25) is 0 Å². The van der Waals surface area contributed by atoms with Crippen molar-refractivity contribution >= 4 is 17.8 Å². The van der Waals surface area contributed by atoms with Gasteiger partial charge in [0.15, 0.2) is 0 Å². The maximum atomic E-state index is 11.5. The molecule has 76 valence electrons. The highest BCUT2D eigenvalue weighted by molar-refractivity contribution is 6.07. The molecule has 0 saturated carbocycles. The van der Waals surface area contributed by atoms with Crippen molar-refractivity contribution in [2.75, 3.05) is 6.54 Å². The second-order valence-corrected chi connectivity index (χ2v) is 3.59. The molecule has 0 aromatic heterocycles. The Hall–Kier alpha value is -1.59. The van der Waals surface area contributed by atoms with Gasteiger partial charge in [-0.2, -0.15) is 0 Å². The van der Waals surface area contributed by atoms with Gasteiger partial charge in [-0.05, 0) is 12.8 Å². The molecule has 0 bridgehead atoms. The first-order valence-electron chi connectivity index (χ1n) is 4.53. The van der Waals surface area contributed by atoms with Crippen LogP contribution in [-0.2, 0) is 9.59 Å². The van der Waals surface area contributed by atoms with Crippen LogP contribution in [0.5, 0.6) is 0 Å². The lowest BCUT2D eigenvalue weighted by Gasteiger charge is -2.22. The van der Waals surface area contributed by atoms with Crippen LogP contribution in [0.3, 0.4) is 0 Å². The molecule has 6 heteroatoms. The van der Waals surface area contributed by atoms with Gasteiger partial charge >= 0.3 is 6.03 Å². The van der Waals surface area contributed by atoms with Crippen LogP contribution >= 0.6 is 0 Å². The number of hydrogen-bond donors (Lipinski definition) is 3. The van der Waals surface area contributed by atoms with Gasteiger partial charge in [-0.15, -0.1) is 0 Å². The summed E-state index contributed by atoms with van der Waals surface area (Å²) in [7, 11) is 0. The Morgan fingerprint density at radius 2 is 1.93 bits per heavy atom. The lowest BCUT2D eigenvalue weighted by molar-refractivity contribution is -0.124. The number of nitrogens with one attached hydrogen (secondary N) is 3. The van der Waals surface area contributed by atoms with Crippen LogP contribution in [0, 0.1) is 0 Å². The summed E-state index contributed by atoms with van der Waals surface area (Å²) < 4.78 is 0. The first-order valence-corrected chi connectivity index (χ1v) is 4.53. The van der Waals surface area contributed by atoms with Crippen molar-refractivity contribution in [1.29, 1.82) is 0 Å². The van der Waals surface area contributed by atoms with Crippen LogP contribution in [0.4, 0.5) is 4.79 Å². The topological polar surface area (TPSA) is 87.3 Å². The maximum Gasteiger partial charge on any atom is 0.322 e. The van der Waals surface area contributed by atoms with Gasteiger partial charge in [0, 0.05) is 13.0 Å². The van der Waals surface area contributed by atoms with Crippen LogP contribution in [0.1, 0.15) is 19.3 Å². The number of amides is 4. The Morgan fingerprint density at radius 1 is 1.14 bits per heavy atom. The molecule has 2 aliphatic rings. The lowest BCUT2D eigenvalue weighted by atomic mass is 9.91. The van der Waals surface area contributed by atoms with Crippen molar-refractivity contribution in [3.63, 3.8) is 0 Å². The number of carbonyl (C=O) groups is 3. The quantitative estimate of drug-likeness (QED) is 0.429. The molecule has 1 spiro atoms. The molecular weight excluding hydrogens is 186 g/mol. The largest absolute Gasteiger partial charge is 0.356 e. The summed E-state index contributed by atoms with van der Waals surface area (Å²) in [6.07, 6.45) is 1.10. The van der Waals surface area contributed by atoms with E-state index < -0.39 is 11.6 Å². The molecule has 2 aliphatic heterocycles. The second kappa shape index (κ2) is 2.97. The average Bonchev–Trinajstić information content (AvgIpc) is 2.31. The standard InChI is InChI=1S/C8H11N3O3/c12-5-1-2-8(3-4-9-5)6(13)10-7(14)11-8/h1-4H2,(H,9,12)(H2,10,11,13,14). The summed E-state index contributed by atoms with van der Waals surface area (Å²) in [5.74, 6) is -0.394. The minimum absolute atomic E-state index is 0.0733. The van der Waals surface area contributed by atoms with Crippen molar-refractivity contribution in [2.24, 2.45) is 0 Å². The fourth-order valence-corrected chi connectivity index (χ4v) is 1.84. The second-order valence-electron chi connectivity index (χ2n) is 3.59. The average molecular weight is 197 g/mol. The summed E-state index contributed by atoms with van der Waals surface area (Å²) >= 11 is 0. The van der Waals surface area contributed by atoms with Gasteiger partial charge in [0.25, 0.3) is 5.91 Å². The van der Waals surface area contributed by atoms with E-state index in [4.69, 9.17) is 0 Å². The highest BCUT2D eigenvalue weighted by atomic mass is 16.2. The zero-order valence-electron chi connectivity index (χ0n) is 7.55. The molecule has 2 fully saturated rings. The Bertz CT molecular complexity index is 315. The lowest BCUT2D eigenvalue weighted by Crippen LogP contribution is -2.47. The molecule has 2 saturated heterocycles. The molecule has 1 unspecified atom stereocenters. The first-order chi connectivity index (χ1) is 6.62. The molecule has 0 aromatic carbocycles. The van der Waals surface area contributed by atoms with Gasteiger partial charge in [-0.1, -0.05) is 0 Å². The number of urea groups is 1. The molecule has 0 aromatic rings. The predicted molar refractivity (Wildman–Crippen MR) is 46.3 cm³/mol. The van der Waals surface area contributed by atoms with Gasteiger partial charge in [0.1, 0.15) is 5.54 Å². The van der Waals surface area contributed by atoms with E-state index in [2.05, 4.69) is 16.0 Å². The summed E-state index contributed by atoms with van der Waals surface area (Å²) in [6, 6.07) is -0.468. The molecule has 3 N–H and O–H groups in total. The van der Waals surface area contributed by atoms with Gasteiger partial charge in [-0.25, -0.2) is 4.79 Å². The Morgan fingerprint density at radius 3 is 2.57 bits per heavy atom. The van der Waals surface area contributed by atoms with E-state index in [1.807, 2.05) is 0 Å². The number of rotatable bonds is 0. The van der Waals surface area contributed by atoms with Crippen molar-refractivity contribution in [2.45, 2.75) is 24.8 Å². The molecule has 2 rings (SSSR count). The zero-order valence-corrected chi connectivity index (χ0v) is 7.55. The third kappa shape index (κ3) is 1.32. The van der Waals surface area contributed by atoms with E-state index in [9.17, 15) is 14.4 Å². The molecule has 2 heterocycles. The molecule has 14 heavy (non-hydrogen) atoms. The van der Waals surface area contributed by atoms with E-state index in [0.717, 1.165) is 0 Å². The van der Waals surface area contributed by atoms with Gasteiger partial charge in [0.05, 0.1) is 0 Å². The Balaban J connectivity index is 2.18. The van der Waals surface area contributed by atoms with E-state index in [-0.39, 0.29) is 18.2 Å². The summed E-state index contributed by atoms with van der Waals surface area (Å²) in [6.45, 7) is 0.423. The van der Waals surface area contributed by atoms with E-state index >= 15 is 0 Å². The predicted octanol–water partition coefficient (Wildman–Crippen LogP) is -1.14. The highest BCUT2D eigenvalue weighted by Crippen LogP contribution is 2.23. The Kier molecular flexibility index (Phi) is 1.90. The third-order valence-electron chi connectivity index (χ3n) is 2.67. The normalized spacial score (nSPS) is 32.1. The maximum absolute atomic E-state index is 11.5. The van der Waals surface area contributed by atoms with Crippen molar-refractivity contribution in [3.8, 4) is 0 Å². The molecular formula is C8H11N3O3. The summed E-state index contributed by atoms with van der Waals surface area (Å²) in [4.78, 5) is 33.5. The SMILES string of the molecule is O=C1CCC2(CCN1)NC(=O)NC2=O. The minimum Gasteiger partial charge on any atom is -0.356 e. The summed E-state index contributed by atoms with van der Waals surface area (Å²) in [5, 5.41) is 7.44. The molecule has 4 amide bonds. The monoisotopic (exact) mass is 197 g/mol. The number of carbonyl (C=O) groups excluding carboxylic acids is 3. The van der Waals surface area contributed by atoms with Crippen LogP contribution in [0.15, 0.2) is 0 Å². The van der Waals surface area contributed by atoms with E-state index in [1.165, 1.54) is 0 Å². The first kappa shape index (κ1) is 8.98. The van der Waals surface area contributed by atoms with Crippen molar-refractivity contribution in [3.05, 3.63) is 0 Å². The van der Waals surface area contributed by atoms with Crippen LogP contribution in [-0.4, -0.2) is 29.9 Å². The molecule has 6 nitrogen and oxygen atoms in total. The van der Waals surface area contributed by atoms with Crippen molar-refractivity contribution < 1.29 is 14.4 Å². The van der Waals surface area contributed by atoms with E-state index in [0.29, 0.717) is 19.4 Å². The minimum atomic E-state index is -0.865. The molecule has 0 radical (unpaired) electrons. The van der Waals surface area contributed by atoms with Gasteiger partial charge in [0.2, 0.25) is 5.91 Å². The van der Waals surface area contributed by atoms with Gasteiger partial charge in [-0.3, -0.25) is 14.9 Å². The molecule has 1 atom stereocenters. The fraction of sp³-hybridized carbons (Fsp3) is 0.625. The fourth-order valence-electron chi connectivity index (χ4n) is 1.84.